The molecule has 1 aliphatic rings. The predicted octanol–water partition coefficient (Wildman–Crippen LogP) is 3.10. The van der Waals surface area contributed by atoms with Gasteiger partial charge in [0.2, 0.25) is 21.9 Å². The molecule has 4 rings (SSSR count). The van der Waals surface area contributed by atoms with E-state index in [-0.39, 0.29) is 17.3 Å². The van der Waals surface area contributed by atoms with Crippen molar-refractivity contribution in [1.82, 2.24) is 13.9 Å². The smallest absolute Gasteiger partial charge is 0.243 e. The minimum atomic E-state index is -3.60. The van der Waals surface area contributed by atoms with E-state index < -0.39 is 15.9 Å². The van der Waals surface area contributed by atoms with Crippen molar-refractivity contribution in [3.63, 3.8) is 0 Å². The Bertz CT molecular complexity index is 1130. The molecule has 1 atom stereocenters. The van der Waals surface area contributed by atoms with Crippen LogP contribution in [0.15, 0.2) is 59.5 Å². The first-order valence-corrected chi connectivity index (χ1v) is 11.3. The Morgan fingerprint density at radius 1 is 1.14 bits per heavy atom. The van der Waals surface area contributed by atoms with Crippen LogP contribution in [0.2, 0.25) is 0 Å². The molecule has 0 radical (unpaired) electrons. The Hall–Kier alpha value is -2.71. The SMILES string of the molecule is CCn1c(NC(=O)[C@H]2CCCN(S(=O)(=O)c3ccccc3)C2)nc2ccccc21. The maximum Gasteiger partial charge on any atom is 0.243 e. The molecule has 0 aliphatic carbocycles. The van der Waals surface area contributed by atoms with Crippen LogP contribution in [0.1, 0.15) is 19.8 Å². The van der Waals surface area contributed by atoms with Gasteiger partial charge in [0.25, 0.3) is 0 Å². The van der Waals surface area contributed by atoms with Crippen molar-refractivity contribution in [2.24, 2.45) is 5.92 Å². The maximum atomic E-state index is 12.9. The molecule has 1 N–H and O–H groups in total. The quantitative estimate of drug-likeness (QED) is 0.698. The molecule has 2 heterocycles. The van der Waals surface area contributed by atoms with Gasteiger partial charge in [-0.3, -0.25) is 10.1 Å². The minimum absolute atomic E-state index is 0.176. The fraction of sp³-hybridized carbons (Fsp3) is 0.333. The summed E-state index contributed by atoms with van der Waals surface area (Å²) in [5.74, 6) is -0.0999. The number of piperidine rings is 1. The topological polar surface area (TPSA) is 84.3 Å². The normalized spacial score (nSPS) is 18.0. The number of carbonyl (C=O) groups excluding carboxylic acids is 1. The van der Waals surface area contributed by atoms with Crippen molar-refractivity contribution in [2.75, 3.05) is 18.4 Å². The van der Waals surface area contributed by atoms with Gasteiger partial charge >= 0.3 is 0 Å². The molecule has 8 heteroatoms. The van der Waals surface area contributed by atoms with Gasteiger partial charge in [-0.25, -0.2) is 13.4 Å². The van der Waals surface area contributed by atoms with E-state index in [1.807, 2.05) is 35.8 Å². The number of hydrogen-bond donors (Lipinski definition) is 1. The van der Waals surface area contributed by atoms with Gasteiger partial charge in [-0.2, -0.15) is 4.31 Å². The summed E-state index contributed by atoms with van der Waals surface area (Å²) in [6.45, 7) is 3.28. The average molecular weight is 413 g/mol. The van der Waals surface area contributed by atoms with E-state index in [1.54, 1.807) is 30.3 Å². The van der Waals surface area contributed by atoms with Crippen LogP contribution in [-0.2, 0) is 21.4 Å². The summed E-state index contributed by atoms with van der Waals surface area (Å²) in [6.07, 6.45) is 1.30. The molecule has 0 bridgehead atoms. The Balaban J connectivity index is 1.53. The number of fused-ring (bicyclic) bond motifs is 1. The van der Waals surface area contributed by atoms with Crippen molar-refractivity contribution in [3.05, 3.63) is 54.6 Å². The second-order valence-corrected chi connectivity index (χ2v) is 9.11. The van der Waals surface area contributed by atoms with E-state index in [9.17, 15) is 13.2 Å². The molecule has 0 saturated carbocycles. The summed E-state index contributed by atoms with van der Waals surface area (Å²) in [4.78, 5) is 17.7. The molecule has 1 saturated heterocycles. The molecule has 3 aromatic rings. The molecule has 2 aromatic carbocycles. The highest BCUT2D eigenvalue weighted by Crippen LogP contribution is 2.25. The summed E-state index contributed by atoms with van der Waals surface area (Å²) in [5.41, 5.74) is 1.78. The third-order valence-electron chi connectivity index (χ3n) is 5.34. The standard InChI is InChI=1S/C21H24N4O3S/c1-2-25-19-13-7-6-12-18(19)22-21(25)23-20(26)16-9-8-14-24(15-16)29(27,28)17-10-4-3-5-11-17/h3-7,10-13,16H,2,8-9,14-15H2,1H3,(H,22,23,26)/t16-/m0/s1. The lowest BCUT2D eigenvalue weighted by molar-refractivity contribution is -0.120. The lowest BCUT2D eigenvalue weighted by Gasteiger charge is -2.31. The minimum Gasteiger partial charge on any atom is -0.310 e. The molecule has 1 aromatic heterocycles. The van der Waals surface area contributed by atoms with Gasteiger partial charge in [-0.1, -0.05) is 30.3 Å². The number of hydrogen-bond acceptors (Lipinski definition) is 4. The Morgan fingerprint density at radius 3 is 2.62 bits per heavy atom. The molecule has 0 spiro atoms. The van der Waals surface area contributed by atoms with Crippen molar-refractivity contribution in [1.29, 1.82) is 0 Å². The van der Waals surface area contributed by atoms with E-state index in [0.717, 1.165) is 11.0 Å². The lowest BCUT2D eigenvalue weighted by Crippen LogP contribution is -2.43. The number of para-hydroxylation sites is 2. The fourth-order valence-corrected chi connectivity index (χ4v) is 5.36. The monoisotopic (exact) mass is 412 g/mol. The van der Waals surface area contributed by atoms with Crippen LogP contribution in [-0.4, -0.2) is 41.3 Å². The third kappa shape index (κ3) is 3.77. The Kier molecular flexibility index (Phi) is 5.38. The first-order valence-electron chi connectivity index (χ1n) is 9.82. The molecular weight excluding hydrogens is 388 g/mol. The first-order chi connectivity index (χ1) is 14.0. The van der Waals surface area contributed by atoms with Gasteiger partial charge in [-0.15, -0.1) is 0 Å². The van der Waals surface area contributed by atoms with Crippen LogP contribution in [0, 0.1) is 5.92 Å². The predicted molar refractivity (Wildman–Crippen MR) is 112 cm³/mol. The lowest BCUT2D eigenvalue weighted by atomic mass is 9.99. The summed E-state index contributed by atoms with van der Waals surface area (Å²) < 4.78 is 29.2. The van der Waals surface area contributed by atoms with Gasteiger partial charge in [0.15, 0.2) is 0 Å². The van der Waals surface area contributed by atoms with Crippen LogP contribution >= 0.6 is 0 Å². The van der Waals surface area contributed by atoms with E-state index in [2.05, 4.69) is 10.3 Å². The van der Waals surface area contributed by atoms with Gasteiger partial charge in [0, 0.05) is 19.6 Å². The van der Waals surface area contributed by atoms with E-state index in [1.165, 1.54) is 4.31 Å². The number of aromatic nitrogens is 2. The second-order valence-electron chi connectivity index (χ2n) is 7.17. The highest BCUT2D eigenvalue weighted by Gasteiger charge is 2.33. The fourth-order valence-electron chi connectivity index (χ4n) is 3.82. The summed E-state index contributed by atoms with van der Waals surface area (Å²) in [6, 6.07) is 16.1. The van der Waals surface area contributed by atoms with Crippen molar-refractivity contribution in [2.45, 2.75) is 31.2 Å². The summed E-state index contributed by atoms with van der Waals surface area (Å²) >= 11 is 0. The van der Waals surface area contributed by atoms with Crippen LogP contribution in [0.3, 0.4) is 0 Å². The molecule has 0 unspecified atom stereocenters. The molecule has 1 amide bonds. The highest BCUT2D eigenvalue weighted by atomic mass is 32.2. The van der Waals surface area contributed by atoms with Gasteiger partial charge in [0.05, 0.1) is 21.8 Å². The average Bonchev–Trinajstić information content (AvgIpc) is 3.11. The highest BCUT2D eigenvalue weighted by molar-refractivity contribution is 7.89. The van der Waals surface area contributed by atoms with Crippen LogP contribution in [0.4, 0.5) is 5.95 Å². The Labute approximate surface area is 170 Å². The number of nitrogens with zero attached hydrogens (tertiary/aromatic N) is 3. The number of sulfonamides is 1. The zero-order valence-electron chi connectivity index (χ0n) is 16.3. The number of nitrogens with one attached hydrogen (secondary N) is 1. The third-order valence-corrected chi connectivity index (χ3v) is 7.22. The number of anilines is 1. The van der Waals surface area contributed by atoms with E-state index in [4.69, 9.17) is 0 Å². The van der Waals surface area contributed by atoms with Crippen LogP contribution in [0.25, 0.3) is 11.0 Å². The number of rotatable bonds is 5. The first kappa shape index (κ1) is 19.6. The number of carbonyl (C=O) groups is 1. The molecule has 7 nitrogen and oxygen atoms in total. The van der Waals surface area contributed by atoms with Crippen LogP contribution in [0.5, 0.6) is 0 Å². The molecular formula is C21H24N4O3S. The molecule has 1 aliphatic heterocycles. The second kappa shape index (κ2) is 7.96. The molecule has 29 heavy (non-hydrogen) atoms. The number of amides is 1. The maximum absolute atomic E-state index is 12.9. The summed E-state index contributed by atoms with van der Waals surface area (Å²) in [7, 11) is -3.60. The molecule has 152 valence electrons. The zero-order chi connectivity index (χ0) is 20.4. The van der Waals surface area contributed by atoms with Gasteiger partial charge in [-0.05, 0) is 44.0 Å². The van der Waals surface area contributed by atoms with Crippen molar-refractivity contribution >= 4 is 32.9 Å². The Morgan fingerprint density at radius 2 is 1.86 bits per heavy atom. The zero-order valence-corrected chi connectivity index (χ0v) is 17.1. The summed E-state index contributed by atoms with van der Waals surface area (Å²) in [5, 5.41) is 2.92. The van der Waals surface area contributed by atoms with Gasteiger partial charge in [0.1, 0.15) is 0 Å². The number of aryl methyl sites for hydroxylation is 1. The number of imidazole rings is 1. The van der Waals surface area contributed by atoms with Crippen molar-refractivity contribution in [3.8, 4) is 0 Å². The van der Waals surface area contributed by atoms with Crippen LogP contribution < -0.4 is 5.32 Å². The van der Waals surface area contributed by atoms with E-state index >= 15 is 0 Å². The molecule has 1 fully saturated rings. The number of benzene rings is 2. The largest absolute Gasteiger partial charge is 0.310 e. The van der Waals surface area contributed by atoms with Gasteiger partial charge < -0.3 is 4.57 Å². The van der Waals surface area contributed by atoms with Crippen molar-refractivity contribution < 1.29 is 13.2 Å². The van der Waals surface area contributed by atoms with E-state index in [0.29, 0.717) is 31.9 Å².